The number of nitrogens with one attached hydrogen (secondary N) is 2. The Balaban J connectivity index is 2.05. The van der Waals surface area contributed by atoms with Gasteiger partial charge in [-0.05, 0) is 68.1 Å². The second kappa shape index (κ2) is 8.47. The van der Waals surface area contributed by atoms with Crippen molar-refractivity contribution in [3.8, 4) is 0 Å². The van der Waals surface area contributed by atoms with Gasteiger partial charge < -0.3 is 10.6 Å². The number of hydrogen-bond donors (Lipinski definition) is 2. The Morgan fingerprint density at radius 3 is 2.16 bits per heavy atom. The maximum absolute atomic E-state index is 12.4. The van der Waals surface area contributed by atoms with Gasteiger partial charge in [-0.25, -0.2) is 0 Å². The zero-order chi connectivity index (χ0) is 18.4. The quantitative estimate of drug-likeness (QED) is 0.784. The van der Waals surface area contributed by atoms with Crippen LogP contribution in [0.25, 0.3) is 0 Å². The van der Waals surface area contributed by atoms with E-state index >= 15 is 0 Å². The summed E-state index contributed by atoms with van der Waals surface area (Å²) >= 11 is 0. The number of hydrogen-bond acceptors (Lipinski definition) is 2. The highest BCUT2D eigenvalue weighted by Gasteiger charge is 2.14. The molecule has 25 heavy (non-hydrogen) atoms. The van der Waals surface area contributed by atoms with Crippen molar-refractivity contribution in [1.82, 2.24) is 0 Å². The molecular weight excluding hydrogens is 312 g/mol. The van der Waals surface area contributed by atoms with Crippen LogP contribution >= 0.6 is 0 Å². The van der Waals surface area contributed by atoms with E-state index in [0.717, 1.165) is 29.7 Å². The molecule has 4 nitrogen and oxygen atoms in total. The Bertz CT molecular complexity index is 747. The van der Waals surface area contributed by atoms with E-state index in [4.69, 9.17) is 0 Å². The van der Waals surface area contributed by atoms with Crippen molar-refractivity contribution in [2.24, 2.45) is 5.92 Å². The summed E-state index contributed by atoms with van der Waals surface area (Å²) in [6.07, 6.45) is 1.64. The molecule has 2 aromatic carbocycles. The lowest BCUT2D eigenvalue weighted by Gasteiger charge is -2.13. The highest BCUT2D eigenvalue weighted by Crippen LogP contribution is 2.20. The van der Waals surface area contributed by atoms with Gasteiger partial charge in [-0.2, -0.15) is 0 Å². The Labute approximate surface area is 149 Å². The Kier molecular flexibility index (Phi) is 6.34. The molecule has 2 amide bonds. The van der Waals surface area contributed by atoms with E-state index in [2.05, 4.69) is 10.6 Å². The van der Waals surface area contributed by atoms with Crippen LogP contribution in [-0.2, 0) is 4.79 Å². The van der Waals surface area contributed by atoms with E-state index in [0.29, 0.717) is 11.3 Å². The minimum Gasteiger partial charge on any atom is -0.326 e. The van der Waals surface area contributed by atoms with Gasteiger partial charge in [0.25, 0.3) is 5.91 Å². The number of anilines is 2. The molecule has 2 N–H and O–H groups in total. The van der Waals surface area contributed by atoms with Crippen molar-refractivity contribution < 1.29 is 9.59 Å². The molecule has 0 fully saturated rings. The summed E-state index contributed by atoms with van der Waals surface area (Å²) in [5, 5.41) is 5.84. The summed E-state index contributed by atoms with van der Waals surface area (Å²) in [6.45, 7) is 8.02. The van der Waals surface area contributed by atoms with Crippen molar-refractivity contribution in [1.29, 1.82) is 0 Å². The molecule has 4 heteroatoms. The molecule has 0 saturated carbocycles. The lowest BCUT2D eigenvalue weighted by atomic mass is 10.0. The minimum atomic E-state index is -0.161. The fraction of sp³-hybridized carbons (Fsp3) is 0.333. The van der Waals surface area contributed by atoms with Gasteiger partial charge in [0.1, 0.15) is 0 Å². The van der Waals surface area contributed by atoms with Crippen LogP contribution in [0.5, 0.6) is 0 Å². The van der Waals surface area contributed by atoms with Crippen LogP contribution in [0.2, 0.25) is 0 Å². The van der Waals surface area contributed by atoms with Gasteiger partial charge in [-0.1, -0.05) is 26.0 Å². The third-order valence-corrected chi connectivity index (χ3v) is 4.62. The van der Waals surface area contributed by atoms with Crippen LogP contribution in [0.4, 0.5) is 11.4 Å². The van der Waals surface area contributed by atoms with Gasteiger partial charge in [-0.15, -0.1) is 0 Å². The van der Waals surface area contributed by atoms with Gasteiger partial charge >= 0.3 is 0 Å². The first-order chi connectivity index (χ1) is 12.0. The SMILES string of the molecule is CCC(CC)C(=O)Nc1ccc(C(=O)Nc2cccc(C)c2C)cc1. The summed E-state index contributed by atoms with van der Waals surface area (Å²) in [5.74, 6) is -0.114. The molecule has 0 spiro atoms. The minimum absolute atomic E-state index is 0.0206. The summed E-state index contributed by atoms with van der Waals surface area (Å²) in [5.41, 5.74) is 4.28. The van der Waals surface area contributed by atoms with Crippen LogP contribution < -0.4 is 10.6 Å². The van der Waals surface area contributed by atoms with E-state index < -0.39 is 0 Å². The average Bonchev–Trinajstić information content (AvgIpc) is 2.60. The Morgan fingerprint density at radius 1 is 0.920 bits per heavy atom. The smallest absolute Gasteiger partial charge is 0.255 e. The number of amides is 2. The number of rotatable bonds is 6. The van der Waals surface area contributed by atoms with Gasteiger partial charge in [0.2, 0.25) is 5.91 Å². The normalized spacial score (nSPS) is 10.6. The zero-order valence-electron chi connectivity index (χ0n) is 15.3. The Hall–Kier alpha value is -2.62. The molecule has 0 aliphatic carbocycles. The van der Waals surface area contributed by atoms with Crippen LogP contribution in [0, 0.1) is 19.8 Å². The standard InChI is InChI=1S/C21H26N2O2/c1-5-16(6-2)20(24)22-18-12-10-17(11-13-18)21(25)23-19-9-7-8-14(3)15(19)4/h7-13,16H,5-6H2,1-4H3,(H,22,24)(H,23,25). The number of benzene rings is 2. The van der Waals surface area contributed by atoms with Crippen molar-refractivity contribution in [2.75, 3.05) is 10.6 Å². The molecule has 132 valence electrons. The number of carbonyl (C=O) groups excluding carboxylic acids is 2. The maximum atomic E-state index is 12.4. The van der Waals surface area contributed by atoms with Crippen LogP contribution in [0.15, 0.2) is 42.5 Å². The summed E-state index contributed by atoms with van der Waals surface area (Å²) in [6, 6.07) is 12.8. The van der Waals surface area contributed by atoms with E-state index in [1.54, 1.807) is 24.3 Å². The van der Waals surface area contributed by atoms with E-state index in [1.807, 2.05) is 45.9 Å². The maximum Gasteiger partial charge on any atom is 0.255 e. The molecule has 0 heterocycles. The van der Waals surface area contributed by atoms with Crippen molar-refractivity contribution in [3.05, 3.63) is 59.2 Å². The van der Waals surface area contributed by atoms with Crippen LogP contribution in [-0.4, -0.2) is 11.8 Å². The molecule has 0 saturated heterocycles. The van der Waals surface area contributed by atoms with Crippen molar-refractivity contribution >= 4 is 23.2 Å². The molecule has 0 aromatic heterocycles. The monoisotopic (exact) mass is 338 g/mol. The third-order valence-electron chi connectivity index (χ3n) is 4.62. The second-order valence-corrected chi connectivity index (χ2v) is 6.28. The predicted octanol–water partition coefficient (Wildman–Crippen LogP) is 4.93. The number of carbonyl (C=O) groups is 2. The first-order valence-corrected chi connectivity index (χ1v) is 8.74. The third kappa shape index (κ3) is 4.69. The molecule has 0 unspecified atom stereocenters. The van der Waals surface area contributed by atoms with Gasteiger partial charge in [0.05, 0.1) is 0 Å². The van der Waals surface area contributed by atoms with Gasteiger partial charge in [-0.3, -0.25) is 9.59 Å². The summed E-state index contributed by atoms with van der Waals surface area (Å²) in [4.78, 5) is 24.5. The molecule has 0 aliphatic heterocycles. The van der Waals surface area contributed by atoms with Crippen LogP contribution in [0.3, 0.4) is 0 Å². The molecule has 2 rings (SSSR count). The van der Waals surface area contributed by atoms with E-state index in [-0.39, 0.29) is 17.7 Å². The highest BCUT2D eigenvalue weighted by molar-refractivity contribution is 6.05. The van der Waals surface area contributed by atoms with Crippen molar-refractivity contribution in [2.45, 2.75) is 40.5 Å². The van der Waals surface area contributed by atoms with Crippen LogP contribution in [0.1, 0.15) is 48.2 Å². The van der Waals surface area contributed by atoms with E-state index in [9.17, 15) is 9.59 Å². The molecule has 0 bridgehead atoms. The fourth-order valence-electron chi connectivity index (χ4n) is 2.69. The summed E-state index contributed by atoms with van der Waals surface area (Å²) in [7, 11) is 0. The van der Waals surface area contributed by atoms with Gasteiger partial charge in [0, 0.05) is 22.9 Å². The first-order valence-electron chi connectivity index (χ1n) is 8.74. The average molecular weight is 338 g/mol. The molecule has 0 radical (unpaired) electrons. The predicted molar refractivity (Wildman–Crippen MR) is 103 cm³/mol. The largest absolute Gasteiger partial charge is 0.326 e. The Morgan fingerprint density at radius 2 is 1.56 bits per heavy atom. The van der Waals surface area contributed by atoms with Crippen molar-refractivity contribution in [3.63, 3.8) is 0 Å². The van der Waals surface area contributed by atoms with Gasteiger partial charge in [0.15, 0.2) is 0 Å². The lowest BCUT2D eigenvalue weighted by Crippen LogP contribution is -2.21. The molecular formula is C21H26N2O2. The fourth-order valence-corrected chi connectivity index (χ4v) is 2.69. The molecule has 0 atom stereocenters. The lowest BCUT2D eigenvalue weighted by molar-refractivity contribution is -0.120. The highest BCUT2D eigenvalue weighted by atomic mass is 16.2. The van der Waals surface area contributed by atoms with E-state index in [1.165, 1.54) is 0 Å². The zero-order valence-corrected chi connectivity index (χ0v) is 15.3. The number of aryl methyl sites for hydroxylation is 1. The summed E-state index contributed by atoms with van der Waals surface area (Å²) < 4.78 is 0. The second-order valence-electron chi connectivity index (χ2n) is 6.28. The molecule has 0 aliphatic rings. The first kappa shape index (κ1) is 18.7. The topological polar surface area (TPSA) is 58.2 Å². The molecule has 2 aromatic rings.